The SMILES string of the molecule is Cc1nn(-c2cc(N3CCOCC3)ncn2)c(C)c1CCC(=O)NCc1ccc(F)cc1. The maximum absolute atomic E-state index is 13.0. The molecule has 3 heterocycles. The number of aryl methyl sites for hydroxylation is 1. The summed E-state index contributed by atoms with van der Waals surface area (Å²) in [7, 11) is 0. The minimum atomic E-state index is -0.288. The van der Waals surface area contributed by atoms with Crippen molar-refractivity contribution < 1.29 is 13.9 Å². The van der Waals surface area contributed by atoms with E-state index in [9.17, 15) is 9.18 Å². The maximum Gasteiger partial charge on any atom is 0.220 e. The second-order valence-electron chi connectivity index (χ2n) is 7.80. The summed E-state index contributed by atoms with van der Waals surface area (Å²) in [5, 5.41) is 7.55. The Morgan fingerprint density at radius 3 is 2.59 bits per heavy atom. The van der Waals surface area contributed by atoms with E-state index in [2.05, 4.69) is 25.3 Å². The molecule has 1 amide bonds. The minimum Gasteiger partial charge on any atom is -0.378 e. The molecule has 3 aromatic rings. The largest absolute Gasteiger partial charge is 0.378 e. The predicted octanol–water partition coefficient (Wildman–Crippen LogP) is 2.50. The molecule has 0 atom stereocenters. The number of rotatable bonds is 7. The van der Waals surface area contributed by atoms with E-state index < -0.39 is 0 Å². The van der Waals surface area contributed by atoms with Crippen LogP contribution in [0, 0.1) is 19.7 Å². The highest BCUT2D eigenvalue weighted by molar-refractivity contribution is 5.76. The summed E-state index contributed by atoms with van der Waals surface area (Å²) in [4.78, 5) is 23.3. The van der Waals surface area contributed by atoms with Gasteiger partial charge in [0.05, 0.1) is 18.9 Å². The van der Waals surface area contributed by atoms with Crippen molar-refractivity contribution >= 4 is 11.7 Å². The predicted molar refractivity (Wildman–Crippen MR) is 118 cm³/mol. The number of carbonyl (C=O) groups excluding carboxylic acids is 1. The first-order valence-corrected chi connectivity index (χ1v) is 10.7. The van der Waals surface area contributed by atoms with Gasteiger partial charge < -0.3 is 15.0 Å². The number of nitrogens with one attached hydrogen (secondary N) is 1. The Balaban J connectivity index is 1.40. The molecular weight excluding hydrogens is 411 g/mol. The van der Waals surface area contributed by atoms with Crippen LogP contribution in [-0.4, -0.2) is 52.0 Å². The van der Waals surface area contributed by atoms with Crippen molar-refractivity contribution in [2.24, 2.45) is 0 Å². The van der Waals surface area contributed by atoms with Crippen LogP contribution in [0.1, 0.15) is 28.9 Å². The second kappa shape index (κ2) is 9.86. The number of morpholine rings is 1. The van der Waals surface area contributed by atoms with E-state index in [1.807, 2.05) is 24.6 Å². The van der Waals surface area contributed by atoms with E-state index in [0.717, 1.165) is 41.4 Å². The number of benzene rings is 1. The third kappa shape index (κ3) is 5.11. The van der Waals surface area contributed by atoms with Crippen molar-refractivity contribution in [2.75, 3.05) is 31.2 Å². The molecule has 9 heteroatoms. The molecule has 4 rings (SSSR count). The Morgan fingerprint density at radius 1 is 1.12 bits per heavy atom. The van der Waals surface area contributed by atoms with Gasteiger partial charge in [-0.2, -0.15) is 5.10 Å². The van der Waals surface area contributed by atoms with Crippen LogP contribution >= 0.6 is 0 Å². The Labute approximate surface area is 186 Å². The van der Waals surface area contributed by atoms with Gasteiger partial charge >= 0.3 is 0 Å². The van der Waals surface area contributed by atoms with E-state index in [-0.39, 0.29) is 11.7 Å². The molecule has 0 bridgehead atoms. The van der Waals surface area contributed by atoms with Gasteiger partial charge in [0.25, 0.3) is 0 Å². The second-order valence-corrected chi connectivity index (χ2v) is 7.80. The van der Waals surface area contributed by atoms with E-state index in [1.54, 1.807) is 18.5 Å². The molecule has 168 valence electrons. The highest BCUT2D eigenvalue weighted by Crippen LogP contribution is 2.21. The van der Waals surface area contributed by atoms with Gasteiger partial charge in [-0.05, 0) is 43.5 Å². The van der Waals surface area contributed by atoms with E-state index in [0.29, 0.717) is 38.4 Å². The molecule has 8 nitrogen and oxygen atoms in total. The van der Waals surface area contributed by atoms with E-state index in [4.69, 9.17) is 4.74 Å². The average Bonchev–Trinajstić information content (AvgIpc) is 3.11. The summed E-state index contributed by atoms with van der Waals surface area (Å²) < 4.78 is 20.2. The van der Waals surface area contributed by atoms with Gasteiger partial charge in [0.1, 0.15) is 18.0 Å². The number of hydrogen-bond acceptors (Lipinski definition) is 6. The van der Waals surface area contributed by atoms with Gasteiger partial charge in [-0.1, -0.05) is 12.1 Å². The molecule has 1 aliphatic rings. The Morgan fingerprint density at radius 2 is 1.84 bits per heavy atom. The van der Waals surface area contributed by atoms with Crippen LogP contribution < -0.4 is 10.2 Å². The van der Waals surface area contributed by atoms with Crippen LogP contribution in [0.3, 0.4) is 0 Å². The first kappa shape index (κ1) is 21.9. The molecule has 0 saturated carbocycles. The summed E-state index contributed by atoms with van der Waals surface area (Å²) >= 11 is 0. The lowest BCUT2D eigenvalue weighted by Crippen LogP contribution is -2.36. The average molecular weight is 439 g/mol. The minimum absolute atomic E-state index is 0.0579. The van der Waals surface area contributed by atoms with Gasteiger partial charge in [0.15, 0.2) is 5.82 Å². The fourth-order valence-electron chi connectivity index (χ4n) is 3.81. The zero-order chi connectivity index (χ0) is 22.5. The number of carbonyl (C=O) groups is 1. The van der Waals surface area contributed by atoms with Crippen molar-refractivity contribution in [3.63, 3.8) is 0 Å². The topological polar surface area (TPSA) is 85.2 Å². The van der Waals surface area contributed by atoms with Crippen LogP contribution in [0.4, 0.5) is 10.2 Å². The molecule has 2 aromatic heterocycles. The van der Waals surface area contributed by atoms with Crippen molar-refractivity contribution in [1.82, 2.24) is 25.1 Å². The number of hydrogen-bond donors (Lipinski definition) is 1. The third-order valence-electron chi connectivity index (χ3n) is 5.64. The van der Waals surface area contributed by atoms with Crippen LogP contribution in [-0.2, 0) is 22.5 Å². The highest BCUT2D eigenvalue weighted by Gasteiger charge is 2.17. The van der Waals surface area contributed by atoms with Crippen LogP contribution in [0.25, 0.3) is 5.82 Å². The molecule has 0 spiro atoms. The number of nitrogens with zero attached hydrogens (tertiary/aromatic N) is 5. The van der Waals surface area contributed by atoms with Crippen LogP contribution in [0.5, 0.6) is 0 Å². The monoisotopic (exact) mass is 438 g/mol. The van der Waals surface area contributed by atoms with Gasteiger partial charge in [-0.3, -0.25) is 4.79 Å². The fraction of sp³-hybridized carbons (Fsp3) is 0.391. The Bertz CT molecular complexity index is 1080. The van der Waals surface area contributed by atoms with Gasteiger partial charge in [-0.15, -0.1) is 0 Å². The maximum atomic E-state index is 13.0. The molecule has 0 unspecified atom stereocenters. The summed E-state index contributed by atoms with van der Waals surface area (Å²) in [6, 6.07) is 8.05. The quantitative estimate of drug-likeness (QED) is 0.610. The van der Waals surface area contributed by atoms with E-state index in [1.165, 1.54) is 12.1 Å². The van der Waals surface area contributed by atoms with Crippen molar-refractivity contribution in [1.29, 1.82) is 0 Å². The number of halogens is 1. The zero-order valence-corrected chi connectivity index (χ0v) is 18.3. The summed E-state index contributed by atoms with van der Waals surface area (Å²) in [6.07, 6.45) is 2.48. The lowest BCUT2D eigenvalue weighted by molar-refractivity contribution is -0.121. The van der Waals surface area contributed by atoms with Gasteiger partial charge in [0.2, 0.25) is 5.91 Å². The normalized spacial score (nSPS) is 13.9. The zero-order valence-electron chi connectivity index (χ0n) is 18.3. The van der Waals surface area contributed by atoms with Gasteiger partial charge in [0, 0.05) is 37.8 Å². The number of anilines is 1. The standard InChI is InChI=1S/C23H27FN6O2/c1-16-20(7-8-23(31)25-14-18-3-5-19(24)6-4-18)17(2)30(28-16)22-13-21(26-15-27-22)29-9-11-32-12-10-29/h3-6,13,15H,7-12,14H2,1-2H3,(H,25,31). The molecular formula is C23H27FN6O2. The molecule has 1 saturated heterocycles. The number of ether oxygens (including phenoxy) is 1. The molecule has 1 aliphatic heterocycles. The van der Waals surface area contributed by atoms with Crippen molar-refractivity contribution in [2.45, 2.75) is 33.2 Å². The molecule has 1 N–H and O–H groups in total. The molecule has 32 heavy (non-hydrogen) atoms. The number of aromatic nitrogens is 4. The summed E-state index contributed by atoms with van der Waals surface area (Å²) in [5.41, 5.74) is 3.73. The third-order valence-corrected chi connectivity index (χ3v) is 5.64. The Hall–Kier alpha value is -3.33. The first-order valence-electron chi connectivity index (χ1n) is 10.7. The summed E-state index contributed by atoms with van der Waals surface area (Å²) in [5.74, 6) is 1.21. The number of amides is 1. The first-order chi connectivity index (χ1) is 15.5. The molecule has 0 radical (unpaired) electrons. The van der Waals surface area contributed by atoms with Gasteiger partial charge in [-0.25, -0.2) is 19.0 Å². The summed E-state index contributed by atoms with van der Waals surface area (Å²) in [6.45, 7) is 7.28. The van der Waals surface area contributed by atoms with Crippen LogP contribution in [0.15, 0.2) is 36.7 Å². The molecule has 0 aliphatic carbocycles. The molecule has 1 aromatic carbocycles. The smallest absolute Gasteiger partial charge is 0.220 e. The van der Waals surface area contributed by atoms with E-state index >= 15 is 0 Å². The fourth-order valence-corrected chi connectivity index (χ4v) is 3.81. The highest BCUT2D eigenvalue weighted by atomic mass is 19.1. The van der Waals surface area contributed by atoms with Crippen molar-refractivity contribution in [3.8, 4) is 5.82 Å². The van der Waals surface area contributed by atoms with Crippen molar-refractivity contribution in [3.05, 3.63) is 65.0 Å². The lowest BCUT2D eigenvalue weighted by atomic mass is 10.1. The lowest BCUT2D eigenvalue weighted by Gasteiger charge is -2.27. The van der Waals surface area contributed by atoms with Crippen LogP contribution in [0.2, 0.25) is 0 Å². The molecule has 1 fully saturated rings. The Kier molecular flexibility index (Phi) is 6.75.